The molecule has 0 spiro atoms. The van der Waals surface area contributed by atoms with Crippen molar-refractivity contribution in [3.05, 3.63) is 87.5 Å². The number of aryl methyl sites for hydroxylation is 1. The maximum atomic E-state index is 6.16. The van der Waals surface area contributed by atoms with Crippen LogP contribution in [0, 0.1) is 6.92 Å². The number of fused-ring (bicyclic) bond motifs is 2. The number of anilines is 2. The van der Waals surface area contributed by atoms with Gasteiger partial charge < -0.3 is 9.80 Å². The Morgan fingerprint density at radius 1 is 0.941 bits per heavy atom. The summed E-state index contributed by atoms with van der Waals surface area (Å²) in [5.74, 6) is 3.38. The molecule has 2 aromatic carbocycles. The summed E-state index contributed by atoms with van der Waals surface area (Å²) in [6.07, 6.45) is 4.07. The minimum atomic E-state index is 0.644. The Balaban J connectivity index is 1.53. The summed E-state index contributed by atoms with van der Waals surface area (Å²) in [5, 5.41) is 0.644. The second-order valence-corrected chi connectivity index (χ2v) is 9.57. The van der Waals surface area contributed by atoms with E-state index in [1.807, 2.05) is 79.5 Å². The normalized spacial score (nSPS) is 14.9. The maximum Gasteiger partial charge on any atom is 0.324 e. The molecule has 0 saturated carbocycles. The van der Waals surface area contributed by atoms with Crippen LogP contribution in [0.25, 0.3) is 28.4 Å². The fourth-order valence-corrected chi connectivity index (χ4v) is 4.55. The van der Waals surface area contributed by atoms with Crippen LogP contribution in [0.2, 0.25) is 5.02 Å². The zero-order valence-corrected chi connectivity index (χ0v) is 21.6. The number of hydrogen-bond acceptors (Lipinski definition) is 5. The summed E-state index contributed by atoms with van der Waals surface area (Å²) in [7, 11) is 5.99. The molecule has 3 heterocycles. The van der Waals surface area contributed by atoms with Crippen LogP contribution >= 0.6 is 27.5 Å². The lowest BCUT2D eigenvalue weighted by Crippen LogP contribution is -2.36. The Hall–Kier alpha value is -3.29. The van der Waals surface area contributed by atoms with Gasteiger partial charge in [0.15, 0.2) is 17.3 Å². The molecule has 5 rings (SSSR count). The molecule has 0 unspecified atom stereocenters. The van der Waals surface area contributed by atoms with Gasteiger partial charge >= 0.3 is 5.82 Å². The third-order valence-electron chi connectivity index (χ3n) is 5.97. The van der Waals surface area contributed by atoms with E-state index in [9.17, 15) is 0 Å². The van der Waals surface area contributed by atoms with E-state index in [0.29, 0.717) is 5.02 Å². The van der Waals surface area contributed by atoms with Crippen LogP contribution in [0.4, 0.5) is 11.6 Å². The van der Waals surface area contributed by atoms with Crippen molar-refractivity contribution in [2.45, 2.75) is 6.92 Å². The number of aromatic nitrogens is 4. The van der Waals surface area contributed by atoms with Crippen LogP contribution in [-0.2, 0) is 7.05 Å². The zero-order valence-electron chi connectivity index (χ0n) is 19.3. The first-order valence-electron chi connectivity index (χ1n) is 10.8. The highest BCUT2D eigenvalue weighted by Crippen LogP contribution is 2.38. The van der Waals surface area contributed by atoms with E-state index in [-0.39, 0.29) is 0 Å². The Bertz CT molecular complexity index is 1480. The first kappa shape index (κ1) is 22.5. The molecule has 0 amide bonds. The Kier molecular flexibility index (Phi) is 5.83. The van der Waals surface area contributed by atoms with E-state index in [4.69, 9.17) is 26.6 Å². The second-order valence-electron chi connectivity index (χ2n) is 8.22. The summed E-state index contributed by atoms with van der Waals surface area (Å²) in [4.78, 5) is 18.6. The zero-order chi connectivity index (χ0) is 24.0. The van der Waals surface area contributed by atoms with Gasteiger partial charge in [0.25, 0.3) is 0 Å². The molecule has 2 aromatic heterocycles. The molecule has 0 aliphatic carbocycles. The largest absolute Gasteiger partial charge is 0.324 e. The van der Waals surface area contributed by atoms with E-state index < -0.39 is 0 Å². The van der Waals surface area contributed by atoms with E-state index >= 15 is 0 Å². The molecular formula is C26H23BrClN6+. The van der Waals surface area contributed by atoms with Crippen molar-refractivity contribution >= 4 is 56.3 Å². The fourth-order valence-electron chi connectivity index (χ4n) is 3.97. The maximum absolute atomic E-state index is 6.16. The predicted molar refractivity (Wildman–Crippen MR) is 142 cm³/mol. The Labute approximate surface area is 212 Å². The molecule has 170 valence electrons. The molecule has 0 N–H and O–H groups in total. The van der Waals surface area contributed by atoms with Gasteiger partial charge in [0.05, 0.1) is 18.1 Å². The fraction of sp³-hybridized carbons (Fsp3) is 0.154. The van der Waals surface area contributed by atoms with Gasteiger partial charge in [-0.1, -0.05) is 57.9 Å². The van der Waals surface area contributed by atoms with Crippen molar-refractivity contribution in [1.82, 2.24) is 15.0 Å². The quantitative estimate of drug-likeness (QED) is 0.318. The highest BCUT2D eigenvalue weighted by molar-refractivity contribution is 9.12. The Morgan fingerprint density at radius 3 is 2.32 bits per heavy atom. The molecule has 1 aliphatic rings. The van der Waals surface area contributed by atoms with Crippen molar-refractivity contribution in [3.63, 3.8) is 0 Å². The molecule has 8 heteroatoms. The number of benzene rings is 2. The lowest BCUT2D eigenvalue weighted by atomic mass is 10.1. The van der Waals surface area contributed by atoms with E-state index in [1.54, 1.807) is 0 Å². The lowest BCUT2D eigenvalue weighted by Gasteiger charge is -2.17. The first-order valence-corrected chi connectivity index (χ1v) is 12.0. The average molecular weight is 535 g/mol. The third kappa shape index (κ3) is 4.06. The summed E-state index contributed by atoms with van der Waals surface area (Å²) in [6, 6.07) is 17.9. The first-order chi connectivity index (χ1) is 16.3. The van der Waals surface area contributed by atoms with E-state index in [1.165, 1.54) is 0 Å². The van der Waals surface area contributed by atoms with E-state index in [0.717, 1.165) is 55.7 Å². The monoisotopic (exact) mass is 533 g/mol. The van der Waals surface area contributed by atoms with Crippen molar-refractivity contribution < 1.29 is 4.57 Å². The van der Waals surface area contributed by atoms with Gasteiger partial charge in [-0.25, -0.2) is 14.5 Å². The molecule has 0 atom stereocenters. The van der Waals surface area contributed by atoms with Crippen LogP contribution in [0.1, 0.15) is 11.5 Å². The molecule has 0 radical (unpaired) electrons. The SMILES string of the molecule is Cc1cc(-c2ccccc2)nc(C=C(Br)C=C2N(C)c3nc4ccc(Cl)cc4nc3N2C)[n+]1C. The number of rotatable bonds is 3. The number of hydrogen-bond donors (Lipinski definition) is 0. The number of allylic oxidation sites excluding steroid dienone is 2. The van der Waals surface area contributed by atoms with Gasteiger partial charge in [-0.2, -0.15) is 0 Å². The summed E-state index contributed by atoms with van der Waals surface area (Å²) >= 11 is 9.90. The average Bonchev–Trinajstić information content (AvgIpc) is 3.05. The van der Waals surface area contributed by atoms with Crippen LogP contribution in [0.3, 0.4) is 0 Å². The van der Waals surface area contributed by atoms with Crippen molar-refractivity contribution in [1.29, 1.82) is 0 Å². The molecule has 0 bridgehead atoms. The van der Waals surface area contributed by atoms with Crippen molar-refractivity contribution in [3.8, 4) is 11.3 Å². The molecular weight excluding hydrogens is 512 g/mol. The van der Waals surface area contributed by atoms with Crippen LogP contribution in [-0.4, -0.2) is 29.0 Å². The van der Waals surface area contributed by atoms with Gasteiger partial charge in [-0.05, 0) is 36.2 Å². The minimum Gasteiger partial charge on any atom is -0.312 e. The van der Waals surface area contributed by atoms with Crippen LogP contribution in [0.5, 0.6) is 0 Å². The molecule has 6 nitrogen and oxygen atoms in total. The molecule has 1 aliphatic heterocycles. The summed E-state index contributed by atoms with van der Waals surface area (Å²) in [5.41, 5.74) is 4.73. The highest BCUT2D eigenvalue weighted by atomic mass is 79.9. The standard InChI is InChI=1S/C26H23BrClN6/c1-16-12-21(17-8-6-5-7-9-17)29-23(32(16)2)13-18(27)14-24-33(3)25-26(34(24)4)31-22-15-19(28)10-11-20(22)30-25/h5-15H,1-4H3/q+1. The summed E-state index contributed by atoms with van der Waals surface area (Å²) < 4.78 is 2.96. The topological polar surface area (TPSA) is 49.0 Å². The predicted octanol–water partition coefficient (Wildman–Crippen LogP) is 5.64. The Morgan fingerprint density at radius 2 is 1.62 bits per heavy atom. The van der Waals surface area contributed by atoms with Gasteiger partial charge in [-0.15, -0.1) is 0 Å². The number of halogens is 2. The van der Waals surface area contributed by atoms with Gasteiger partial charge in [0.2, 0.25) is 0 Å². The lowest BCUT2D eigenvalue weighted by molar-refractivity contribution is -0.682. The summed E-state index contributed by atoms with van der Waals surface area (Å²) in [6.45, 7) is 2.08. The van der Waals surface area contributed by atoms with Crippen LogP contribution < -0.4 is 14.4 Å². The smallest absolute Gasteiger partial charge is 0.312 e. The van der Waals surface area contributed by atoms with Crippen LogP contribution in [0.15, 0.2) is 71.0 Å². The third-order valence-corrected chi connectivity index (χ3v) is 6.66. The minimum absolute atomic E-state index is 0.644. The van der Waals surface area contributed by atoms with Gasteiger partial charge in [-0.3, -0.25) is 0 Å². The molecule has 34 heavy (non-hydrogen) atoms. The molecule has 0 saturated heterocycles. The molecule has 4 aromatic rings. The second kappa shape index (κ2) is 8.81. The number of nitrogens with zero attached hydrogens (tertiary/aromatic N) is 6. The highest BCUT2D eigenvalue weighted by Gasteiger charge is 2.30. The molecule has 0 fully saturated rings. The van der Waals surface area contributed by atoms with E-state index in [2.05, 4.69) is 45.6 Å². The van der Waals surface area contributed by atoms with Gasteiger partial charge in [0.1, 0.15) is 11.5 Å². The van der Waals surface area contributed by atoms with Crippen molar-refractivity contribution in [2.24, 2.45) is 7.05 Å². The van der Waals surface area contributed by atoms with Gasteiger partial charge in [0, 0.05) is 41.3 Å². The van der Waals surface area contributed by atoms with Crippen molar-refractivity contribution in [2.75, 3.05) is 23.9 Å².